The van der Waals surface area contributed by atoms with Gasteiger partial charge in [-0.2, -0.15) is 0 Å². The molecule has 0 aliphatic carbocycles. The minimum Gasteiger partial charge on any atom is -0.490 e. The van der Waals surface area contributed by atoms with Crippen LogP contribution in [0.4, 0.5) is 5.69 Å². The first-order valence-corrected chi connectivity index (χ1v) is 8.57. The molecule has 1 N–H and O–H groups in total. The molecular formula is C18H28ClNO4. The first-order valence-electron chi connectivity index (χ1n) is 8.19. The highest BCUT2D eigenvalue weighted by Crippen LogP contribution is 2.29. The molecule has 0 heterocycles. The van der Waals surface area contributed by atoms with Crippen molar-refractivity contribution in [2.45, 2.75) is 39.7 Å². The summed E-state index contributed by atoms with van der Waals surface area (Å²) in [5, 5.41) is 3.32. The maximum absolute atomic E-state index is 12.6. The average molecular weight is 358 g/mol. The van der Waals surface area contributed by atoms with Gasteiger partial charge >= 0.3 is 0 Å². The van der Waals surface area contributed by atoms with Gasteiger partial charge in [0, 0.05) is 19.4 Å². The van der Waals surface area contributed by atoms with Crippen molar-refractivity contribution < 1.29 is 19.0 Å². The van der Waals surface area contributed by atoms with Crippen LogP contribution in [0.1, 0.15) is 34.1 Å². The second-order valence-electron chi connectivity index (χ2n) is 6.20. The molecule has 0 saturated heterocycles. The first-order chi connectivity index (χ1) is 11.3. The molecule has 0 bridgehead atoms. The van der Waals surface area contributed by atoms with Crippen LogP contribution in [0.2, 0.25) is 5.02 Å². The summed E-state index contributed by atoms with van der Waals surface area (Å²) in [5.41, 5.74) is -0.262. The van der Waals surface area contributed by atoms with Crippen LogP contribution >= 0.6 is 11.6 Å². The molecule has 5 nitrogen and oxygen atoms in total. The van der Waals surface area contributed by atoms with Crippen LogP contribution in [0.5, 0.6) is 5.75 Å². The quantitative estimate of drug-likeness (QED) is 0.639. The number of amides is 1. The maximum Gasteiger partial charge on any atom is 0.256 e. The van der Waals surface area contributed by atoms with E-state index in [1.54, 1.807) is 25.3 Å². The van der Waals surface area contributed by atoms with Crippen molar-refractivity contribution in [2.75, 3.05) is 32.2 Å². The molecule has 0 spiro atoms. The zero-order chi connectivity index (χ0) is 18.2. The summed E-state index contributed by atoms with van der Waals surface area (Å²) in [5.74, 6) is 0.719. The van der Waals surface area contributed by atoms with Gasteiger partial charge < -0.3 is 19.5 Å². The molecule has 136 valence electrons. The van der Waals surface area contributed by atoms with Crippen molar-refractivity contribution in [3.05, 3.63) is 23.2 Å². The molecule has 0 aromatic heterocycles. The lowest BCUT2D eigenvalue weighted by atomic mass is 9.93. The van der Waals surface area contributed by atoms with Gasteiger partial charge in [0.25, 0.3) is 5.91 Å². The molecule has 1 amide bonds. The summed E-state index contributed by atoms with van der Waals surface area (Å²) in [7, 11) is 1.61. The predicted molar refractivity (Wildman–Crippen MR) is 96.9 cm³/mol. The largest absolute Gasteiger partial charge is 0.490 e. The van der Waals surface area contributed by atoms with Gasteiger partial charge in [-0.3, -0.25) is 4.79 Å². The van der Waals surface area contributed by atoms with E-state index >= 15 is 0 Å². The van der Waals surface area contributed by atoms with E-state index in [0.29, 0.717) is 48.6 Å². The Kier molecular flexibility index (Phi) is 8.53. The Morgan fingerprint density at radius 3 is 2.58 bits per heavy atom. The Bertz CT molecular complexity index is 536. The van der Waals surface area contributed by atoms with Gasteiger partial charge in [0.05, 0.1) is 11.6 Å². The molecule has 0 radical (unpaired) electrons. The summed E-state index contributed by atoms with van der Waals surface area (Å²) in [6, 6.07) is 5.16. The zero-order valence-corrected chi connectivity index (χ0v) is 15.9. The number of halogens is 1. The lowest BCUT2D eigenvalue weighted by molar-refractivity contribution is -0.140. The average Bonchev–Trinajstić information content (AvgIpc) is 2.49. The molecule has 6 heteroatoms. The van der Waals surface area contributed by atoms with Crippen molar-refractivity contribution in [1.29, 1.82) is 0 Å². The van der Waals surface area contributed by atoms with Crippen LogP contribution in [0.15, 0.2) is 18.2 Å². The fraction of sp³-hybridized carbons (Fsp3) is 0.611. The van der Waals surface area contributed by atoms with E-state index in [0.717, 1.165) is 0 Å². The Balaban J connectivity index is 2.79. The zero-order valence-electron chi connectivity index (χ0n) is 15.1. The summed E-state index contributed by atoms with van der Waals surface area (Å²) >= 11 is 6.20. The van der Waals surface area contributed by atoms with E-state index in [1.807, 2.05) is 13.8 Å². The molecule has 0 fully saturated rings. The molecule has 0 saturated carbocycles. The monoisotopic (exact) mass is 357 g/mol. The van der Waals surface area contributed by atoms with Crippen LogP contribution < -0.4 is 10.1 Å². The molecule has 0 unspecified atom stereocenters. The molecule has 0 aliphatic rings. The summed E-state index contributed by atoms with van der Waals surface area (Å²) < 4.78 is 16.1. The molecule has 1 rings (SSSR count). The summed E-state index contributed by atoms with van der Waals surface area (Å²) in [4.78, 5) is 12.6. The van der Waals surface area contributed by atoms with Crippen molar-refractivity contribution in [3.63, 3.8) is 0 Å². The smallest absolute Gasteiger partial charge is 0.256 e. The molecule has 1 aromatic carbocycles. The van der Waals surface area contributed by atoms with Crippen LogP contribution in [0, 0.1) is 5.92 Å². The number of methoxy groups -OCH3 is 1. The normalized spacial score (nSPS) is 13.6. The van der Waals surface area contributed by atoms with Crippen LogP contribution in [-0.2, 0) is 14.3 Å². The number of ether oxygens (including phenoxy) is 3. The number of rotatable bonds is 10. The number of nitrogens with one attached hydrogen (secondary N) is 1. The fourth-order valence-electron chi connectivity index (χ4n) is 2.51. The predicted octanol–water partition coefficient (Wildman–Crippen LogP) is 4.15. The van der Waals surface area contributed by atoms with Gasteiger partial charge in [-0.1, -0.05) is 25.4 Å². The van der Waals surface area contributed by atoms with Gasteiger partial charge in [0.15, 0.2) is 0 Å². The van der Waals surface area contributed by atoms with Crippen LogP contribution in [-0.4, -0.2) is 38.4 Å². The minimum atomic E-state index is -0.872. The lowest BCUT2D eigenvalue weighted by Crippen LogP contribution is -2.43. The SMILES string of the molecule is CCO[C@](C)(CC(C)C)C(=O)Nc1ccc(OCCOC)c(Cl)c1. The second kappa shape index (κ2) is 9.87. The second-order valence-corrected chi connectivity index (χ2v) is 6.61. The van der Waals surface area contributed by atoms with E-state index < -0.39 is 5.60 Å². The molecule has 0 aliphatic heterocycles. The Labute approximate surface area is 149 Å². The van der Waals surface area contributed by atoms with Gasteiger partial charge in [-0.05, 0) is 44.4 Å². The third-order valence-corrected chi connectivity index (χ3v) is 3.77. The highest BCUT2D eigenvalue weighted by molar-refractivity contribution is 6.32. The maximum atomic E-state index is 12.6. The van der Waals surface area contributed by atoms with Gasteiger partial charge in [-0.15, -0.1) is 0 Å². The van der Waals surface area contributed by atoms with E-state index in [9.17, 15) is 4.79 Å². The molecular weight excluding hydrogens is 330 g/mol. The standard InChI is InChI=1S/C18H28ClNO4/c1-6-24-18(4,12-13(2)3)17(21)20-14-7-8-16(15(19)11-14)23-10-9-22-5/h7-8,11,13H,6,9-10,12H2,1-5H3,(H,20,21)/t18-/m1/s1. The molecule has 1 atom stereocenters. The summed E-state index contributed by atoms with van der Waals surface area (Å²) in [6.07, 6.45) is 0.638. The van der Waals surface area contributed by atoms with Gasteiger partial charge in [0.2, 0.25) is 0 Å². The van der Waals surface area contributed by atoms with Crippen molar-refractivity contribution >= 4 is 23.2 Å². The van der Waals surface area contributed by atoms with Gasteiger partial charge in [-0.25, -0.2) is 0 Å². The van der Waals surface area contributed by atoms with Crippen molar-refractivity contribution in [2.24, 2.45) is 5.92 Å². The Morgan fingerprint density at radius 1 is 1.33 bits per heavy atom. The van der Waals surface area contributed by atoms with Crippen LogP contribution in [0.3, 0.4) is 0 Å². The number of benzene rings is 1. The third kappa shape index (κ3) is 6.30. The van der Waals surface area contributed by atoms with E-state index in [4.69, 9.17) is 25.8 Å². The van der Waals surface area contributed by atoms with E-state index in [1.165, 1.54) is 0 Å². The molecule has 1 aromatic rings. The molecule has 24 heavy (non-hydrogen) atoms. The van der Waals surface area contributed by atoms with Crippen molar-refractivity contribution in [1.82, 2.24) is 0 Å². The topological polar surface area (TPSA) is 56.8 Å². The Morgan fingerprint density at radius 2 is 2.04 bits per heavy atom. The highest BCUT2D eigenvalue weighted by atomic mass is 35.5. The first kappa shape index (κ1) is 20.7. The lowest BCUT2D eigenvalue weighted by Gasteiger charge is -2.30. The number of carbonyl (C=O) groups is 1. The number of anilines is 1. The number of hydrogen-bond acceptors (Lipinski definition) is 4. The number of hydrogen-bond donors (Lipinski definition) is 1. The minimum absolute atomic E-state index is 0.179. The van der Waals surface area contributed by atoms with E-state index in [-0.39, 0.29) is 5.91 Å². The van der Waals surface area contributed by atoms with Gasteiger partial charge in [0.1, 0.15) is 18.0 Å². The van der Waals surface area contributed by atoms with E-state index in [2.05, 4.69) is 19.2 Å². The Hall–Kier alpha value is -1.30. The number of carbonyl (C=O) groups excluding carboxylic acids is 1. The summed E-state index contributed by atoms with van der Waals surface area (Å²) in [6.45, 7) is 9.20. The highest BCUT2D eigenvalue weighted by Gasteiger charge is 2.34. The third-order valence-electron chi connectivity index (χ3n) is 3.48. The fourth-order valence-corrected chi connectivity index (χ4v) is 2.74. The van der Waals surface area contributed by atoms with Crippen molar-refractivity contribution in [3.8, 4) is 5.75 Å². The van der Waals surface area contributed by atoms with Crippen LogP contribution in [0.25, 0.3) is 0 Å².